The molecule has 2 aliphatic rings. The molecule has 0 aromatic carbocycles. The van der Waals surface area contributed by atoms with Crippen molar-refractivity contribution in [1.82, 2.24) is 0 Å². The molecule has 2 heteroatoms. The number of hydrogen-bond donors (Lipinski definition) is 1. The molecular formula is C18H35NO. The summed E-state index contributed by atoms with van der Waals surface area (Å²) in [5.74, 6) is 0.853. The Morgan fingerprint density at radius 2 is 1.65 bits per heavy atom. The molecule has 2 rings (SSSR count). The maximum absolute atomic E-state index is 6.66. The zero-order valence-corrected chi connectivity index (χ0v) is 13.9. The van der Waals surface area contributed by atoms with Gasteiger partial charge in [0.25, 0.3) is 0 Å². The molecule has 0 aliphatic heterocycles. The Kier molecular flexibility index (Phi) is 5.53. The number of hydrogen-bond acceptors (Lipinski definition) is 2. The molecular weight excluding hydrogens is 246 g/mol. The van der Waals surface area contributed by atoms with Gasteiger partial charge in [0.15, 0.2) is 0 Å². The van der Waals surface area contributed by atoms with Crippen molar-refractivity contribution in [3.63, 3.8) is 0 Å². The van der Waals surface area contributed by atoms with E-state index in [1.165, 1.54) is 51.4 Å². The molecule has 0 aromatic heterocycles. The highest BCUT2D eigenvalue weighted by atomic mass is 16.5. The molecule has 0 radical (unpaired) electrons. The summed E-state index contributed by atoms with van der Waals surface area (Å²) in [6.07, 6.45) is 13.0. The van der Waals surface area contributed by atoms with Crippen molar-refractivity contribution >= 4 is 0 Å². The van der Waals surface area contributed by atoms with Gasteiger partial charge >= 0.3 is 0 Å². The van der Waals surface area contributed by atoms with E-state index >= 15 is 0 Å². The van der Waals surface area contributed by atoms with Crippen LogP contribution in [0.15, 0.2) is 0 Å². The van der Waals surface area contributed by atoms with E-state index in [1.807, 2.05) is 0 Å². The first-order valence-electron chi connectivity index (χ1n) is 8.87. The third kappa shape index (κ3) is 3.98. The molecule has 2 aliphatic carbocycles. The lowest BCUT2D eigenvalue weighted by molar-refractivity contribution is -0.103. The Labute approximate surface area is 125 Å². The van der Waals surface area contributed by atoms with Crippen molar-refractivity contribution < 1.29 is 4.74 Å². The fraction of sp³-hybridized carbons (Fsp3) is 1.00. The van der Waals surface area contributed by atoms with Gasteiger partial charge in [0.2, 0.25) is 0 Å². The van der Waals surface area contributed by atoms with Crippen LogP contribution >= 0.6 is 0 Å². The van der Waals surface area contributed by atoms with E-state index in [0.29, 0.717) is 5.41 Å². The zero-order valence-electron chi connectivity index (χ0n) is 13.9. The van der Waals surface area contributed by atoms with Crippen molar-refractivity contribution in [2.75, 3.05) is 6.61 Å². The van der Waals surface area contributed by atoms with Gasteiger partial charge in [-0.1, -0.05) is 46.0 Å². The minimum Gasteiger partial charge on any atom is -0.374 e. The summed E-state index contributed by atoms with van der Waals surface area (Å²) in [5.41, 5.74) is 7.12. The molecule has 2 N–H and O–H groups in total. The lowest BCUT2D eigenvalue weighted by Gasteiger charge is -2.47. The molecule has 0 bridgehead atoms. The Morgan fingerprint density at radius 3 is 2.20 bits per heavy atom. The number of nitrogens with two attached hydrogens (primary N) is 1. The minimum atomic E-state index is -0.0261. The molecule has 20 heavy (non-hydrogen) atoms. The second-order valence-corrected chi connectivity index (χ2v) is 8.01. The Bertz CT molecular complexity index is 284. The van der Waals surface area contributed by atoms with Crippen LogP contribution in [0, 0.1) is 11.3 Å². The predicted octanol–water partition coefficient (Wildman–Crippen LogP) is 4.66. The Hall–Kier alpha value is -0.0800. The van der Waals surface area contributed by atoms with Gasteiger partial charge < -0.3 is 10.5 Å². The smallest absolute Gasteiger partial charge is 0.0832 e. The summed E-state index contributed by atoms with van der Waals surface area (Å²) in [6.45, 7) is 7.69. The van der Waals surface area contributed by atoms with Gasteiger partial charge in [0, 0.05) is 12.6 Å². The monoisotopic (exact) mass is 281 g/mol. The van der Waals surface area contributed by atoms with E-state index in [0.717, 1.165) is 25.4 Å². The molecule has 2 nitrogen and oxygen atoms in total. The third-order valence-corrected chi connectivity index (χ3v) is 5.87. The van der Waals surface area contributed by atoms with E-state index in [1.54, 1.807) is 0 Å². The fourth-order valence-corrected chi connectivity index (χ4v) is 4.26. The van der Waals surface area contributed by atoms with Crippen LogP contribution in [0.3, 0.4) is 0 Å². The van der Waals surface area contributed by atoms with Gasteiger partial charge in [-0.05, 0) is 50.4 Å². The zero-order chi connectivity index (χ0) is 14.6. The van der Waals surface area contributed by atoms with Crippen LogP contribution in [-0.4, -0.2) is 18.2 Å². The molecule has 0 amide bonds. The van der Waals surface area contributed by atoms with Crippen molar-refractivity contribution in [1.29, 1.82) is 0 Å². The highest BCUT2D eigenvalue weighted by molar-refractivity contribution is 4.98. The second kappa shape index (κ2) is 6.79. The van der Waals surface area contributed by atoms with E-state index in [2.05, 4.69) is 20.8 Å². The lowest BCUT2D eigenvalue weighted by Crippen LogP contribution is -2.54. The van der Waals surface area contributed by atoms with Gasteiger partial charge in [-0.15, -0.1) is 0 Å². The van der Waals surface area contributed by atoms with Crippen LogP contribution in [0.25, 0.3) is 0 Å². The first-order chi connectivity index (χ1) is 9.47. The van der Waals surface area contributed by atoms with E-state index in [9.17, 15) is 0 Å². The highest BCUT2D eigenvalue weighted by Crippen LogP contribution is 2.44. The summed E-state index contributed by atoms with van der Waals surface area (Å²) in [7, 11) is 0. The van der Waals surface area contributed by atoms with Crippen LogP contribution in [-0.2, 0) is 4.74 Å². The lowest BCUT2D eigenvalue weighted by atomic mass is 9.67. The average Bonchev–Trinajstić information content (AvgIpc) is 2.43. The molecule has 0 saturated heterocycles. The number of ether oxygens (including phenoxy) is 1. The largest absolute Gasteiger partial charge is 0.374 e. The quantitative estimate of drug-likeness (QED) is 0.795. The van der Waals surface area contributed by atoms with Crippen LogP contribution < -0.4 is 5.73 Å². The summed E-state index contributed by atoms with van der Waals surface area (Å²) >= 11 is 0. The molecule has 0 heterocycles. The summed E-state index contributed by atoms with van der Waals surface area (Å²) in [4.78, 5) is 0. The van der Waals surface area contributed by atoms with E-state index in [-0.39, 0.29) is 11.6 Å². The Morgan fingerprint density at radius 1 is 1.05 bits per heavy atom. The maximum Gasteiger partial charge on any atom is 0.0832 e. The van der Waals surface area contributed by atoms with Crippen molar-refractivity contribution in [3.05, 3.63) is 0 Å². The van der Waals surface area contributed by atoms with Crippen LogP contribution in [0.4, 0.5) is 0 Å². The summed E-state index contributed by atoms with van der Waals surface area (Å²) in [5, 5.41) is 0. The summed E-state index contributed by atoms with van der Waals surface area (Å²) < 4.78 is 6.24. The van der Waals surface area contributed by atoms with Gasteiger partial charge in [-0.25, -0.2) is 0 Å². The maximum atomic E-state index is 6.66. The molecule has 0 aromatic rings. The molecule has 1 atom stereocenters. The number of rotatable bonds is 5. The normalized spacial score (nSPS) is 28.2. The molecule has 2 saturated carbocycles. The molecule has 1 unspecified atom stereocenters. The second-order valence-electron chi connectivity index (χ2n) is 8.01. The average molecular weight is 281 g/mol. The van der Waals surface area contributed by atoms with E-state index in [4.69, 9.17) is 10.5 Å². The van der Waals surface area contributed by atoms with Gasteiger partial charge in [0.1, 0.15) is 0 Å². The third-order valence-electron chi connectivity index (χ3n) is 5.87. The van der Waals surface area contributed by atoms with E-state index < -0.39 is 0 Å². The predicted molar refractivity (Wildman–Crippen MR) is 85.8 cm³/mol. The topological polar surface area (TPSA) is 35.2 Å². The van der Waals surface area contributed by atoms with Gasteiger partial charge in [-0.3, -0.25) is 0 Å². The van der Waals surface area contributed by atoms with Crippen molar-refractivity contribution in [2.45, 2.75) is 96.6 Å². The van der Waals surface area contributed by atoms with Crippen molar-refractivity contribution in [2.24, 2.45) is 17.1 Å². The molecule has 0 spiro atoms. The first kappa shape index (κ1) is 16.3. The SMILES string of the molecule is CCOC1(C(N)CC2CCCCC2)CCC(C)(C)CC1. The molecule has 2 fully saturated rings. The van der Waals surface area contributed by atoms with Gasteiger partial charge in [-0.2, -0.15) is 0 Å². The standard InChI is InChI=1S/C18H35NO/c1-4-20-18(12-10-17(2,3)11-13-18)16(19)14-15-8-6-5-7-9-15/h15-16H,4-14,19H2,1-3H3. The summed E-state index contributed by atoms with van der Waals surface area (Å²) in [6, 6.07) is 0.238. The fourth-order valence-electron chi connectivity index (χ4n) is 4.26. The first-order valence-corrected chi connectivity index (χ1v) is 8.87. The highest BCUT2D eigenvalue weighted by Gasteiger charge is 2.43. The molecule has 118 valence electrons. The van der Waals surface area contributed by atoms with Gasteiger partial charge in [0.05, 0.1) is 5.60 Å². The van der Waals surface area contributed by atoms with Crippen LogP contribution in [0.1, 0.15) is 85.0 Å². The Balaban J connectivity index is 1.96. The van der Waals surface area contributed by atoms with Crippen LogP contribution in [0.5, 0.6) is 0 Å². The van der Waals surface area contributed by atoms with Crippen LogP contribution in [0.2, 0.25) is 0 Å². The van der Waals surface area contributed by atoms with Crippen molar-refractivity contribution in [3.8, 4) is 0 Å². The minimum absolute atomic E-state index is 0.0261.